The Morgan fingerprint density at radius 1 is 1.05 bits per heavy atom. The molecule has 3 aliphatic rings. The quantitative estimate of drug-likeness (QED) is 0.371. The Labute approximate surface area is 252 Å². The van der Waals surface area contributed by atoms with Crippen LogP contribution in [-0.2, 0) is 22.7 Å². The summed E-state index contributed by atoms with van der Waals surface area (Å²) in [7, 11) is 0. The molecule has 11 heteroatoms. The van der Waals surface area contributed by atoms with Gasteiger partial charge in [0.05, 0.1) is 23.4 Å². The minimum Gasteiger partial charge on any atom is -0.488 e. The van der Waals surface area contributed by atoms with Gasteiger partial charge >= 0.3 is 0 Å². The number of thioether (sulfide) groups is 1. The van der Waals surface area contributed by atoms with Crippen LogP contribution in [-0.4, -0.2) is 46.2 Å². The van der Waals surface area contributed by atoms with E-state index in [-0.39, 0.29) is 36.5 Å². The average Bonchev–Trinajstić information content (AvgIpc) is 3.33. The molecule has 2 amide bonds. The number of imide groups is 1. The number of aliphatic hydroxyl groups excluding tert-OH is 1. The first-order valence-corrected chi connectivity index (χ1v) is 15.1. The maximum absolute atomic E-state index is 15.1. The largest absolute Gasteiger partial charge is 0.488 e. The standard InChI is InChI=1S/C32H30F2N4O4S/c33-25-15-22(43-21-10-12-37(13-11-21)27-7-4-19(16-35)14-26(27)34)6-5-20(25)18-42-29-3-1-2-23-24(29)17-38(32(23)41)28-8-9-30(39)36-31(28)40/h1-7,14-15,21,28,32,41H,8-13,17-18H2,(H,36,39,40)/t28-,32?/m0/s1. The summed E-state index contributed by atoms with van der Waals surface area (Å²) in [4.78, 5) is 28.4. The molecular weight excluding hydrogens is 574 g/mol. The smallest absolute Gasteiger partial charge is 0.244 e. The van der Waals surface area contributed by atoms with Crippen LogP contribution >= 0.6 is 11.8 Å². The van der Waals surface area contributed by atoms with Gasteiger partial charge in [-0.2, -0.15) is 5.26 Å². The van der Waals surface area contributed by atoms with E-state index in [1.807, 2.05) is 17.0 Å². The average molecular weight is 605 g/mol. The van der Waals surface area contributed by atoms with E-state index >= 15 is 4.39 Å². The highest BCUT2D eigenvalue weighted by molar-refractivity contribution is 8.00. The predicted molar refractivity (Wildman–Crippen MR) is 156 cm³/mol. The second kappa shape index (κ2) is 12.3. The number of amides is 2. The second-order valence-electron chi connectivity index (χ2n) is 11.0. The van der Waals surface area contributed by atoms with Crippen LogP contribution in [0, 0.1) is 23.0 Å². The van der Waals surface area contributed by atoms with E-state index in [4.69, 9.17) is 10.00 Å². The molecular formula is C32H30F2N4O4S. The highest BCUT2D eigenvalue weighted by Crippen LogP contribution is 2.40. The molecule has 3 aromatic carbocycles. The molecule has 43 heavy (non-hydrogen) atoms. The zero-order valence-corrected chi connectivity index (χ0v) is 24.1. The molecule has 2 N–H and O–H groups in total. The number of fused-ring (bicyclic) bond motifs is 1. The van der Waals surface area contributed by atoms with Crippen molar-refractivity contribution in [3.05, 3.63) is 88.5 Å². The van der Waals surface area contributed by atoms with Gasteiger partial charge in [-0.25, -0.2) is 8.78 Å². The number of ether oxygens (including phenoxy) is 1. The number of nitrogens with zero attached hydrogens (tertiary/aromatic N) is 3. The number of nitrogens with one attached hydrogen (secondary N) is 1. The summed E-state index contributed by atoms with van der Waals surface area (Å²) in [6.45, 7) is 1.61. The molecule has 0 spiro atoms. The van der Waals surface area contributed by atoms with Crippen LogP contribution in [0.5, 0.6) is 5.75 Å². The van der Waals surface area contributed by atoms with E-state index in [1.54, 1.807) is 53.1 Å². The number of carbonyl (C=O) groups excluding carboxylic acids is 2. The summed E-state index contributed by atoms with van der Waals surface area (Å²) in [5.74, 6) is -0.996. The molecule has 8 nitrogen and oxygen atoms in total. The maximum atomic E-state index is 15.1. The number of piperidine rings is 2. The first kappa shape index (κ1) is 29.1. The van der Waals surface area contributed by atoms with E-state index < -0.39 is 24.0 Å². The molecule has 0 aliphatic carbocycles. The summed E-state index contributed by atoms with van der Waals surface area (Å²) >= 11 is 1.61. The summed E-state index contributed by atoms with van der Waals surface area (Å²) < 4.78 is 35.6. The number of aliphatic hydroxyl groups is 1. The summed E-state index contributed by atoms with van der Waals surface area (Å²) in [6.07, 6.45) is 1.17. The lowest BCUT2D eigenvalue weighted by Gasteiger charge is -2.33. The second-order valence-corrected chi connectivity index (χ2v) is 12.3. The SMILES string of the molecule is N#Cc1ccc(N2CCC(Sc3ccc(COc4cccc5c4CN([C@H]4CCC(=O)NC4=O)C5O)c(F)c3)CC2)c(F)c1. The predicted octanol–water partition coefficient (Wildman–Crippen LogP) is 4.79. The molecule has 1 unspecified atom stereocenters. The van der Waals surface area contributed by atoms with Crippen LogP contribution < -0.4 is 15.0 Å². The number of rotatable bonds is 7. The van der Waals surface area contributed by atoms with Crippen LogP contribution in [0.25, 0.3) is 0 Å². The molecule has 0 bridgehead atoms. The Hall–Kier alpha value is -3.98. The van der Waals surface area contributed by atoms with Gasteiger partial charge < -0.3 is 14.7 Å². The number of halogens is 2. The van der Waals surface area contributed by atoms with Crippen LogP contribution in [0.3, 0.4) is 0 Å². The lowest BCUT2D eigenvalue weighted by molar-refractivity contribution is -0.141. The van der Waals surface area contributed by atoms with E-state index in [0.717, 1.165) is 23.3 Å². The molecule has 0 saturated carbocycles. The Bertz CT molecular complexity index is 1600. The first-order valence-electron chi connectivity index (χ1n) is 14.2. The van der Waals surface area contributed by atoms with Gasteiger partial charge in [-0.1, -0.05) is 18.2 Å². The first-order chi connectivity index (χ1) is 20.8. The Balaban J connectivity index is 1.05. The van der Waals surface area contributed by atoms with Crippen molar-refractivity contribution in [2.24, 2.45) is 0 Å². The third kappa shape index (κ3) is 6.09. The monoisotopic (exact) mass is 604 g/mol. The highest BCUT2D eigenvalue weighted by atomic mass is 32.2. The van der Waals surface area contributed by atoms with Gasteiger partial charge in [-0.15, -0.1) is 11.8 Å². The van der Waals surface area contributed by atoms with E-state index in [0.29, 0.717) is 47.6 Å². The van der Waals surface area contributed by atoms with Crippen LogP contribution in [0.1, 0.15) is 54.2 Å². The van der Waals surface area contributed by atoms with Gasteiger partial charge in [-0.3, -0.25) is 19.8 Å². The van der Waals surface area contributed by atoms with Gasteiger partial charge in [0.2, 0.25) is 11.8 Å². The minimum absolute atomic E-state index is 0.00368. The Kier molecular flexibility index (Phi) is 8.34. The molecule has 0 aromatic heterocycles. The van der Waals surface area contributed by atoms with Gasteiger partial charge in [0, 0.05) is 52.9 Å². The number of hydrogen-bond donors (Lipinski definition) is 2. The summed E-state index contributed by atoms with van der Waals surface area (Å²) in [6, 6.07) is 16.3. The van der Waals surface area contributed by atoms with Crippen molar-refractivity contribution in [2.45, 2.75) is 61.3 Å². The van der Waals surface area contributed by atoms with Crippen molar-refractivity contribution >= 4 is 29.3 Å². The van der Waals surface area contributed by atoms with Crippen molar-refractivity contribution in [1.29, 1.82) is 5.26 Å². The molecule has 222 valence electrons. The Morgan fingerprint density at radius 2 is 1.86 bits per heavy atom. The molecule has 6 rings (SSSR count). The van der Waals surface area contributed by atoms with E-state index in [1.165, 1.54) is 12.1 Å². The van der Waals surface area contributed by atoms with Crippen LogP contribution in [0.4, 0.5) is 14.5 Å². The van der Waals surface area contributed by atoms with Gasteiger partial charge in [0.15, 0.2) is 0 Å². The van der Waals surface area contributed by atoms with Crippen molar-refractivity contribution in [3.63, 3.8) is 0 Å². The van der Waals surface area contributed by atoms with Crippen molar-refractivity contribution in [2.75, 3.05) is 18.0 Å². The summed E-state index contributed by atoms with van der Waals surface area (Å²) in [5.41, 5.74) is 2.56. The normalized spacial score (nSPS) is 20.9. The van der Waals surface area contributed by atoms with Gasteiger partial charge in [-0.05, 0) is 55.7 Å². The van der Waals surface area contributed by atoms with Crippen LogP contribution in [0.15, 0.2) is 59.5 Å². The minimum atomic E-state index is -1.01. The number of anilines is 1. The molecule has 3 aromatic rings. The molecule has 0 radical (unpaired) electrons. The van der Waals surface area contributed by atoms with Gasteiger partial charge in [0.25, 0.3) is 0 Å². The van der Waals surface area contributed by atoms with Crippen molar-refractivity contribution in [1.82, 2.24) is 10.2 Å². The number of carbonyl (C=O) groups is 2. The molecule has 2 fully saturated rings. The van der Waals surface area contributed by atoms with Crippen molar-refractivity contribution in [3.8, 4) is 11.8 Å². The third-order valence-corrected chi connectivity index (χ3v) is 9.61. The van der Waals surface area contributed by atoms with E-state index in [9.17, 15) is 19.1 Å². The van der Waals surface area contributed by atoms with E-state index in [2.05, 4.69) is 5.32 Å². The van der Waals surface area contributed by atoms with Crippen molar-refractivity contribution < 1.29 is 28.2 Å². The number of nitriles is 1. The number of hydrogen-bond acceptors (Lipinski definition) is 8. The number of benzene rings is 3. The molecule has 3 aliphatic heterocycles. The third-order valence-electron chi connectivity index (χ3n) is 8.28. The summed E-state index contributed by atoms with van der Waals surface area (Å²) in [5, 5.41) is 22.5. The lowest BCUT2D eigenvalue weighted by Crippen LogP contribution is -2.51. The fourth-order valence-corrected chi connectivity index (χ4v) is 7.12. The van der Waals surface area contributed by atoms with Crippen LogP contribution in [0.2, 0.25) is 0 Å². The molecule has 2 atom stereocenters. The topological polar surface area (TPSA) is 106 Å². The lowest BCUT2D eigenvalue weighted by atomic mass is 10.0. The maximum Gasteiger partial charge on any atom is 0.244 e. The Morgan fingerprint density at radius 3 is 2.58 bits per heavy atom. The molecule has 3 heterocycles. The highest BCUT2D eigenvalue weighted by Gasteiger charge is 2.40. The molecule has 2 saturated heterocycles. The fraction of sp³-hybridized carbons (Fsp3) is 0.344. The van der Waals surface area contributed by atoms with Gasteiger partial charge in [0.1, 0.15) is 30.2 Å². The zero-order valence-electron chi connectivity index (χ0n) is 23.3. The zero-order chi connectivity index (χ0) is 30.1. The fourth-order valence-electron chi connectivity index (χ4n) is 5.97.